The Labute approximate surface area is 100 Å². The normalized spacial score (nSPS) is 25.4. The van der Waals surface area contributed by atoms with Gasteiger partial charge in [-0.2, -0.15) is 0 Å². The molecule has 16 heavy (non-hydrogen) atoms. The summed E-state index contributed by atoms with van der Waals surface area (Å²) in [5, 5.41) is 3.08. The van der Waals surface area contributed by atoms with E-state index in [4.69, 9.17) is 5.73 Å². The molecule has 1 saturated carbocycles. The van der Waals surface area contributed by atoms with Crippen LogP contribution in [0.3, 0.4) is 0 Å². The van der Waals surface area contributed by atoms with E-state index in [2.05, 4.69) is 5.32 Å². The first-order valence-corrected chi connectivity index (χ1v) is 6.59. The third-order valence-electron chi connectivity index (χ3n) is 3.07. The second-order valence-corrected chi connectivity index (χ2v) is 5.78. The molecule has 4 heteroatoms. The SMILES string of the molecule is Cc1ccc(C(=O)NC2CCC(N)CC2)s1. The molecule has 0 aromatic carbocycles. The van der Waals surface area contributed by atoms with Gasteiger partial charge in [-0.25, -0.2) is 0 Å². The molecule has 3 N–H and O–H groups in total. The van der Waals surface area contributed by atoms with Gasteiger partial charge in [0.25, 0.3) is 5.91 Å². The molecular weight excluding hydrogens is 220 g/mol. The van der Waals surface area contributed by atoms with Crippen LogP contribution >= 0.6 is 11.3 Å². The van der Waals surface area contributed by atoms with Crippen LogP contribution < -0.4 is 11.1 Å². The number of amides is 1. The van der Waals surface area contributed by atoms with Crippen molar-refractivity contribution in [1.29, 1.82) is 0 Å². The summed E-state index contributed by atoms with van der Waals surface area (Å²) in [5.41, 5.74) is 5.83. The average Bonchev–Trinajstić information content (AvgIpc) is 2.68. The zero-order valence-electron chi connectivity index (χ0n) is 9.53. The number of hydrogen-bond donors (Lipinski definition) is 2. The number of carbonyl (C=O) groups is 1. The van der Waals surface area contributed by atoms with Crippen LogP contribution in [0.2, 0.25) is 0 Å². The van der Waals surface area contributed by atoms with Crippen LogP contribution in [0.4, 0.5) is 0 Å². The highest BCUT2D eigenvalue weighted by Crippen LogP contribution is 2.19. The molecule has 3 nitrogen and oxygen atoms in total. The predicted octanol–water partition coefficient (Wildman–Crippen LogP) is 2.06. The van der Waals surface area contributed by atoms with Gasteiger partial charge in [0.15, 0.2) is 0 Å². The quantitative estimate of drug-likeness (QED) is 0.828. The molecule has 1 aromatic heterocycles. The number of rotatable bonds is 2. The molecule has 2 rings (SSSR count). The summed E-state index contributed by atoms with van der Waals surface area (Å²) in [7, 11) is 0. The number of nitrogens with two attached hydrogens (primary N) is 1. The standard InChI is InChI=1S/C12H18N2OS/c1-8-2-7-11(16-8)12(15)14-10-5-3-9(13)4-6-10/h2,7,9-10H,3-6,13H2,1H3,(H,14,15). The fourth-order valence-corrected chi connectivity index (χ4v) is 2.85. The van der Waals surface area contributed by atoms with Crippen LogP contribution in [0.25, 0.3) is 0 Å². The Morgan fingerprint density at radius 3 is 2.62 bits per heavy atom. The first-order chi connectivity index (χ1) is 7.65. The maximum absolute atomic E-state index is 11.9. The van der Waals surface area contributed by atoms with Crippen molar-refractivity contribution in [1.82, 2.24) is 5.32 Å². The topological polar surface area (TPSA) is 55.1 Å². The molecule has 88 valence electrons. The highest BCUT2D eigenvalue weighted by atomic mass is 32.1. The number of aryl methyl sites for hydroxylation is 1. The predicted molar refractivity (Wildman–Crippen MR) is 66.8 cm³/mol. The second-order valence-electron chi connectivity index (χ2n) is 4.50. The van der Waals surface area contributed by atoms with Gasteiger partial charge >= 0.3 is 0 Å². The van der Waals surface area contributed by atoms with Crippen LogP contribution in [0.5, 0.6) is 0 Å². The lowest BCUT2D eigenvalue weighted by molar-refractivity contribution is 0.0930. The zero-order valence-corrected chi connectivity index (χ0v) is 10.3. The Kier molecular flexibility index (Phi) is 3.61. The number of hydrogen-bond acceptors (Lipinski definition) is 3. The number of thiophene rings is 1. The minimum absolute atomic E-state index is 0.0681. The third-order valence-corrected chi connectivity index (χ3v) is 4.07. The molecule has 0 aliphatic heterocycles. The highest BCUT2D eigenvalue weighted by Gasteiger charge is 2.20. The first kappa shape index (κ1) is 11.6. The molecule has 0 unspecified atom stereocenters. The zero-order chi connectivity index (χ0) is 11.5. The van der Waals surface area contributed by atoms with E-state index in [1.807, 2.05) is 19.1 Å². The van der Waals surface area contributed by atoms with E-state index in [1.54, 1.807) is 11.3 Å². The number of nitrogens with one attached hydrogen (secondary N) is 1. The lowest BCUT2D eigenvalue weighted by Crippen LogP contribution is -2.40. The summed E-state index contributed by atoms with van der Waals surface area (Å²) in [4.78, 5) is 13.9. The van der Waals surface area contributed by atoms with E-state index in [9.17, 15) is 4.79 Å². The maximum atomic E-state index is 11.9. The van der Waals surface area contributed by atoms with E-state index in [-0.39, 0.29) is 5.91 Å². The highest BCUT2D eigenvalue weighted by molar-refractivity contribution is 7.13. The van der Waals surface area contributed by atoms with Crippen molar-refractivity contribution in [3.63, 3.8) is 0 Å². The molecule has 0 atom stereocenters. The molecule has 1 heterocycles. The number of carbonyl (C=O) groups excluding carboxylic acids is 1. The van der Waals surface area contributed by atoms with Gasteiger partial charge in [0.2, 0.25) is 0 Å². The van der Waals surface area contributed by atoms with E-state index in [1.165, 1.54) is 4.88 Å². The smallest absolute Gasteiger partial charge is 0.261 e. The van der Waals surface area contributed by atoms with Gasteiger partial charge in [-0.15, -0.1) is 11.3 Å². The first-order valence-electron chi connectivity index (χ1n) is 5.78. The van der Waals surface area contributed by atoms with E-state index in [0.29, 0.717) is 12.1 Å². The monoisotopic (exact) mass is 238 g/mol. The van der Waals surface area contributed by atoms with Crippen LogP contribution in [0, 0.1) is 6.92 Å². The molecule has 1 fully saturated rings. The van der Waals surface area contributed by atoms with Crippen LogP contribution in [-0.2, 0) is 0 Å². The molecule has 1 amide bonds. The van der Waals surface area contributed by atoms with Gasteiger partial charge in [-0.05, 0) is 44.7 Å². The van der Waals surface area contributed by atoms with Gasteiger partial charge in [0.05, 0.1) is 4.88 Å². The molecule has 1 aliphatic rings. The molecule has 1 aromatic rings. The third kappa shape index (κ3) is 2.83. The summed E-state index contributed by atoms with van der Waals surface area (Å²) in [5.74, 6) is 0.0681. The van der Waals surface area contributed by atoms with Crippen LogP contribution in [-0.4, -0.2) is 18.0 Å². The summed E-state index contributed by atoms with van der Waals surface area (Å²) in [6.07, 6.45) is 4.07. The summed E-state index contributed by atoms with van der Waals surface area (Å²) in [6, 6.07) is 4.52. The molecule has 0 spiro atoms. The minimum Gasteiger partial charge on any atom is -0.349 e. The fraction of sp³-hybridized carbons (Fsp3) is 0.583. The lowest BCUT2D eigenvalue weighted by atomic mass is 9.92. The Morgan fingerprint density at radius 2 is 2.06 bits per heavy atom. The summed E-state index contributed by atoms with van der Waals surface area (Å²) in [6.45, 7) is 2.01. The van der Waals surface area contributed by atoms with Crippen molar-refractivity contribution in [3.05, 3.63) is 21.9 Å². The molecule has 0 saturated heterocycles. The van der Waals surface area contributed by atoms with Crippen molar-refractivity contribution >= 4 is 17.2 Å². The van der Waals surface area contributed by atoms with Gasteiger partial charge in [0, 0.05) is 17.0 Å². The van der Waals surface area contributed by atoms with Crippen LogP contribution in [0.1, 0.15) is 40.2 Å². The maximum Gasteiger partial charge on any atom is 0.261 e. The van der Waals surface area contributed by atoms with Crippen molar-refractivity contribution < 1.29 is 4.79 Å². The Bertz CT molecular complexity index is 367. The Hall–Kier alpha value is -0.870. The molecule has 0 bridgehead atoms. The van der Waals surface area contributed by atoms with E-state index in [0.717, 1.165) is 30.6 Å². The van der Waals surface area contributed by atoms with E-state index < -0.39 is 0 Å². The molecule has 1 aliphatic carbocycles. The van der Waals surface area contributed by atoms with Gasteiger partial charge in [-0.3, -0.25) is 4.79 Å². The van der Waals surface area contributed by atoms with Crippen LogP contribution in [0.15, 0.2) is 12.1 Å². The molecule has 0 radical (unpaired) electrons. The largest absolute Gasteiger partial charge is 0.349 e. The van der Waals surface area contributed by atoms with Gasteiger partial charge in [-0.1, -0.05) is 0 Å². The van der Waals surface area contributed by atoms with E-state index >= 15 is 0 Å². The molecular formula is C12H18N2OS. The van der Waals surface area contributed by atoms with Gasteiger partial charge in [0.1, 0.15) is 0 Å². The van der Waals surface area contributed by atoms with Crippen molar-refractivity contribution in [2.45, 2.75) is 44.7 Å². The fourth-order valence-electron chi connectivity index (χ4n) is 2.08. The summed E-state index contributed by atoms with van der Waals surface area (Å²) < 4.78 is 0. The van der Waals surface area contributed by atoms with Gasteiger partial charge < -0.3 is 11.1 Å². The van der Waals surface area contributed by atoms with Crippen molar-refractivity contribution in [2.24, 2.45) is 5.73 Å². The minimum atomic E-state index is 0.0681. The second kappa shape index (κ2) is 4.97. The average molecular weight is 238 g/mol. The lowest BCUT2D eigenvalue weighted by Gasteiger charge is -2.26. The Morgan fingerprint density at radius 1 is 1.38 bits per heavy atom. The Balaban J connectivity index is 1.88. The van der Waals surface area contributed by atoms with Crippen molar-refractivity contribution in [2.75, 3.05) is 0 Å². The summed E-state index contributed by atoms with van der Waals surface area (Å²) >= 11 is 1.55. The van der Waals surface area contributed by atoms with Crippen molar-refractivity contribution in [3.8, 4) is 0 Å².